The van der Waals surface area contributed by atoms with Gasteiger partial charge in [0.2, 0.25) is 0 Å². The summed E-state index contributed by atoms with van der Waals surface area (Å²) in [6.45, 7) is 7.36. The summed E-state index contributed by atoms with van der Waals surface area (Å²) >= 11 is 1.56. The average molecular weight is 435 g/mol. The second kappa shape index (κ2) is 9.53. The van der Waals surface area contributed by atoms with Crippen molar-refractivity contribution in [3.8, 4) is 11.3 Å². The van der Waals surface area contributed by atoms with E-state index in [9.17, 15) is 4.39 Å². The summed E-state index contributed by atoms with van der Waals surface area (Å²) in [6, 6.07) is 13.7. The molecule has 158 valence electrons. The van der Waals surface area contributed by atoms with E-state index in [2.05, 4.69) is 28.7 Å². The molecule has 6 nitrogen and oxygen atoms in total. The van der Waals surface area contributed by atoms with Gasteiger partial charge in [0.05, 0.1) is 11.4 Å². The van der Waals surface area contributed by atoms with Gasteiger partial charge in [-0.05, 0) is 54.9 Å². The second-order valence-electron chi connectivity index (χ2n) is 6.73. The van der Waals surface area contributed by atoms with Gasteiger partial charge in [-0.2, -0.15) is 5.10 Å². The van der Waals surface area contributed by atoms with Crippen LogP contribution in [0.5, 0.6) is 0 Å². The van der Waals surface area contributed by atoms with Crippen LogP contribution >= 0.6 is 11.8 Å². The molecule has 0 radical (unpaired) electrons. The highest BCUT2D eigenvalue weighted by molar-refractivity contribution is 7.98. The molecule has 0 atom stereocenters. The van der Waals surface area contributed by atoms with E-state index in [1.165, 1.54) is 10.7 Å². The Morgan fingerprint density at radius 3 is 2.65 bits per heavy atom. The van der Waals surface area contributed by atoms with Gasteiger partial charge in [-0.3, -0.25) is 15.8 Å². The molecule has 31 heavy (non-hydrogen) atoms. The Balaban J connectivity index is 1.92. The molecule has 8 heteroatoms. The summed E-state index contributed by atoms with van der Waals surface area (Å²) in [5, 5.41) is 23.9. The van der Waals surface area contributed by atoms with Crippen LogP contribution in [0.2, 0.25) is 0 Å². The molecule has 2 aromatic carbocycles. The number of halogens is 1. The van der Waals surface area contributed by atoms with Crippen molar-refractivity contribution in [1.82, 2.24) is 15.1 Å². The molecule has 0 aliphatic heterocycles. The Morgan fingerprint density at radius 2 is 2.00 bits per heavy atom. The zero-order chi connectivity index (χ0) is 22.5. The fourth-order valence-corrected chi connectivity index (χ4v) is 3.68. The van der Waals surface area contributed by atoms with E-state index in [0.717, 1.165) is 16.1 Å². The number of hydrogen-bond acceptors (Lipinski definition) is 6. The Hall–Kier alpha value is -3.52. The minimum Gasteiger partial charge on any atom is -0.388 e. The molecule has 0 saturated heterocycles. The van der Waals surface area contributed by atoms with Crippen molar-refractivity contribution in [2.24, 2.45) is 4.99 Å². The van der Waals surface area contributed by atoms with Gasteiger partial charge in [0.1, 0.15) is 17.1 Å². The maximum Gasteiger partial charge on any atom is 0.148 e. The first kappa shape index (κ1) is 22.2. The predicted molar refractivity (Wildman–Crippen MR) is 126 cm³/mol. The van der Waals surface area contributed by atoms with Crippen molar-refractivity contribution < 1.29 is 4.39 Å². The van der Waals surface area contributed by atoms with Gasteiger partial charge in [0.25, 0.3) is 0 Å². The monoisotopic (exact) mass is 434 g/mol. The van der Waals surface area contributed by atoms with Crippen molar-refractivity contribution in [3.63, 3.8) is 0 Å². The maximum absolute atomic E-state index is 14.5. The number of nitrogens with one attached hydrogen (secondary N) is 3. The van der Waals surface area contributed by atoms with E-state index in [0.29, 0.717) is 22.5 Å². The summed E-state index contributed by atoms with van der Waals surface area (Å²) < 4.78 is 15.8. The summed E-state index contributed by atoms with van der Waals surface area (Å²) in [5.41, 5.74) is 3.66. The van der Waals surface area contributed by atoms with Gasteiger partial charge < -0.3 is 5.32 Å². The van der Waals surface area contributed by atoms with E-state index >= 15 is 0 Å². The van der Waals surface area contributed by atoms with Crippen LogP contribution in [0.1, 0.15) is 11.1 Å². The number of rotatable bonds is 7. The Bertz CT molecular complexity index is 1230. The van der Waals surface area contributed by atoms with E-state index in [1.807, 2.05) is 24.5 Å². The lowest BCUT2D eigenvalue weighted by molar-refractivity contribution is 0.623. The zero-order valence-electron chi connectivity index (χ0n) is 17.4. The smallest absolute Gasteiger partial charge is 0.148 e. The molecule has 0 amide bonds. The first-order valence-corrected chi connectivity index (χ1v) is 10.6. The van der Waals surface area contributed by atoms with Crippen molar-refractivity contribution in [2.75, 3.05) is 13.3 Å². The Morgan fingerprint density at radius 1 is 1.23 bits per heavy atom. The highest BCUT2D eigenvalue weighted by Crippen LogP contribution is 2.29. The molecule has 1 aromatic heterocycles. The molecule has 0 aliphatic rings. The normalized spacial score (nSPS) is 10.5. The van der Waals surface area contributed by atoms with Crippen LogP contribution in [0.15, 0.2) is 65.0 Å². The lowest BCUT2D eigenvalue weighted by atomic mass is 10.1. The number of benzene rings is 2. The van der Waals surface area contributed by atoms with Crippen molar-refractivity contribution >= 4 is 35.7 Å². The molecule has 1 heterocycles. The number of thioether (sulfide) groups is 1. The second-order valence-corrected chi connectivity index (χ2v) is 7.57. The Labute approximate surface area is 184 Å². The van der Waals surface area contributed by atoms with Crippen LogP contribution in [0.25, 0.3) is 17.0 Å². The molecule has 3 aromatic rings. The van der Waals surface area contributed by atoms with Crippen LogP contribution in [0, 0.1) is 16.6 Å². The fraction of sp³-hybridized carbons (Fsp3) is 0.130. The molecule has 3 rings (SSSR count). The fourth-order valence-electron chi connectivity index (χ4n) is 3.07. The Kier molecular flexibility index (Phi) is 6.81. The third kappa shape index (κ3) is 4.80. The first-order valence-electron chi connectivity index (χ1n) is 9.41. The van der Waals surface area contributed by atoms with Gasteiger partial charge in [0.15, 0.2) is 0 Å². The third-order valence-corrected chi connectivity index (χ3v) is 5.54. The largest absolute Gasteiger partial charge is 0.388 e. The maximum atomic E-state index is 14.5. The van der Waals surface area contributed by atoms with Crippen molar-refractivity contribution in [2.45, 2.75) is 11.3 Å². The molecule has 0 spiro atoms. The molecule has 0 bridgehead atoms. The minimum atomic E-state index is -0.421. The molecule has 0 unspecified atom stereocenters. The van der Waals surface area contributed by atoms with E-state index in [1.54, 1.807) is 43.1 Å². The average Bonchev–Trinajstić information content (AvgIpc) is 2.78. The van der Waals surface area contributed by atoms with Crippen LogP contribution < -0.4 is 10.8 Å². The zero-order valence-corrected chi connectivity index (χ0v) is 18.2. The van der Waals surface area contributed by atoms with Gasteiger partial charge in [-0.25, -0.2) is 9.07 Å². The highest BCUT2D eigenvalue weighted by Gasteiger charge is 2.11. The molecule has 0 fully saturated rings. The van der Waals surface area contributed by atoms with E-state index < -0.39 is 5.82 Å². The molecular formula is C23H23FN6S. The predicted octanol–water partition coefficient (Wildman–Crippen LogP) is 4.48. The third-order valence-electron chi connectivity index (χ3n) is 4.77. The SMILES string of the molecule is C=Nc1ccc(CC(=N)n2nc(-c3ccc(C(=C)NC)c(F)c3)ccc2=N)cc1SC. The van der Waals surface area contributed by atoms with E-state index in [-0.39, 0.29) is 17.7 Å². The van der Waals surface area contributed by atoms with Crippen molar-refractivity contribution in [3.05, 3.63) is 77.5 Å². The summed E-state index contributed by atoms with van der Waals surface area (Å²) in [6.07, 6.45) is 2.24. The van der Waals surface area contributed by atoms with Crippen molar-refractivity contribution in [1.29, 1.82) is 10.8 Å². The summed E-state index contributed by atoms with van der Waals surface area (Å²) in [7, 11) is 1.68. The number of nitrogens with zero attached hydrogens (tertiary/aromatic N) is 3. The molecular weight excluding hydrogens is 411 g/mol. The number of hydrogen-bond donors (Lipinski definition) is 3. The van der Waals surface area contributed by atoms with Gasteiger partial charge in [-0.1, -0.05) is 18.7 Å². The number of aliphatic imine (C=N–C) groups is 1. The first-order chi connectivity index (χ1) is 14.9. The van der Waals surface area contributed by atoms with Gasteiger partial charge >= 0.3 is 0 Å². The number of aromatic nitrogens is 2. The summed E-state index contributed by atoms with van der Waals surface area (Å²) in [5.74, 6) is -0.283. The van der Waals surface area contributed by atoms with Crippen LogP contribution in [0.4, 0.5) is 10.1 Å². The molecule has 3 N–H and O–H groups in total. The molecule has 0 aliphatic carbocycles. The topological polar surface area (TPSA) is 89.9 Å². The lowest BCUT2D eigenvalue weighted by Crippen LogP contribution is -2.30. The lowest BCUT2D eigenvalue weighted by Gasteiger charge is -2.12. The standard InChI is InChI=1S/C23H23FN6S/c1-14(27-2)17-7-6-16(13-18(17)24)19-9-10-22(25)30(29-19)23(26)12-15-5-8-20(28-3)21(11-15)31-4/h5-11,13,25-27H,1,3,12H2,2,4H3. The quantitative estimate of drug-likeness (QED) is 0.291. The van der Waals surface area contributed by atoms with Crippen LogP contribution in [-0.4, -0.2) is 35.6 Å². The van der Waals surface area contributed by atoms with E-state index in [4.69, 9.17) is 10.8 Å². The van der Waals surface area contributed by atoms with Gasteiger partial charge in [0, 0.05) is 35.2 Å². The summed E-state index contributed by atoms with van der Waals surface area (Å²) in [4.78, 5) is 4.97. The van der Waals surface area contributed by atoms with Crippen LogP contribution in [0.3, 0.4) is 0 Å². The minimum absolute atomic E-state index is 0.0730. The molecule has 0 saturated carbocycles. The van der Waals surface area contributed by atoms with Crippen LogP contribution in [-0.2, 0) is 6.42 Å². The highest BCUT2D eigenvalue weighted by atomic mass is 32.2. The van der Waals surface area contributed by atoms with Gasteiger partial charge in [-0.15, -0.1) is 11.8 Å².